The monoisotopic (exact) mass is 305 g/mol. The maximum atomic E-state index is 12.9. The van der Waals surface area contributed by atoms with E-state index in [0.717, 1.165) is 19.3 Å². The highest BCUT2D eigenvalue weighted by molar-refractivity contribution is 5.75. The van der Waals surface area contributed by atoms with Gasteiger partial charge in [0.05, 0.1) is 13.0 Å². The Bertz CT molecular complexity index is 530. The summed E-state index contributed by atoms with van der Waals surface area (Å²) in [4.78, 5) is 14.6. The van der Waals surface area contributed by atoms with E-state index < -0.39 is 0 Å². The van der Waals surface area contributed by atoms with Crippen LogP contribution in [-0.2, 0) is 9.53 Å². The fraction of sp³-hybridized carbons (Fsp3) is 0.611. The van der Waals surface area contributed by atoms with E-state index in [9.17, 15) is 9.18 Å². The predicted octanol–water partition coefficient (Wildman–Crippen LogP) is 3.07. The third-order valence-corrected chi connectivity index (χ3v) is 5.39. The van der Waals surface area contributed by atoms with E-state index >= 15 is 0 Å². The number of aryl methyl sites for hydroxylation is 1. The van der Waals surface area contributed by atoms with Crippen LogP contribution in [0, 0.1) is 12.8 Å². The van der Waals surface area contributed by atoms with Crippen molar-refractivity contribution in [3.8, 4) is 0 Å². The first kappa shape index (κ1) is 15.5. The number of halogens is 1. The molecule has 3 rings (SSSR count). The van der Waals surface area contributed by atoms with Crippen molar-refractivity contribution >= 4 is 5.97 Å². The minimum Gasteiger partial charge on any atom is -0.469 e. The van der Waals surface area contributed by atoms with Crippen molar-refractivity contribution in [3.05, 3.63) is 35.4 Å². The van der Waals surface area contributed by atoms with Gasteiger partial charge in [0.15, 0.2) is 0 Å². The molecule has 0 saturated carbocycles. The molecule has 4 atom stereocenters. The number of hydrogen-bond acceptors (Lipinski definition) is 3. The van der Waals surface area contributed by atoms with Gasteiger partial charge in [-0.15, -0.1) is 0 Å². The first-order valence-electron chi connectivity index (χ1n) is 8.11. The summed E-state index contributed by atoms with van der Waals surface area (Å²) in [5, 5.41) is 0. The molecule has 2 fully saturated rings. The number of ether oxygens (including phenoxy) is 1. The Morgan fingerprint density at radius 1 is 1.32 bits per heavy atom. The second kappa shape index (κ2) is 6.37. The van der Waals surface area contributed by atoms with Crippen molar-refractivity contribution in [2.45, 2.75) is 44.2 Å². The SMILES string of the molecule is COC(=O)[C@H]1C(c2ccc(C)cc2)CC2CCC1N2CCF. The molecule has 0 spiro atoms. The van der Waals surface area contributed by atoms with E-state index in [4.69, 9.17) is 4.74 Å². The van der Waals surface area contributed by atoms with E-state index in [0.29, 0.717) is 12.6 Å². The molecule has 2 aliphatic heterocycles. The molecular formula is C18H24FNO2. The van der Waals surface area contributed by atoms with Crippen LogP contribution in [0.5, 0.6) is 0 Å². The molecule has 0 amide bonds. The first-order chi connectivity index (χ1) is 10.7. The average Bonchev–Trinajstić information content (AvgIpc) is 2.80. The van der Waals surface area contributed by atoms with Crippen molar-refractivity contribution in [3.63, 3.8) is 0 Å². The predicted molar refractivity (Wildman–Crippen MR) is 83.5 cm³/mol. The number of hydrogen-bond donors (Lipinski definition) is 0. The number of carbonyl (C=O) groups is 1. The molecule has 4 heteroatoms. The minimum atomic E-state index is -0.351. The summed E-state index contributed by atoms with van der Waals surface area (Å²) < 4.78 is 18.0. The number of methoxy groups -OCH3 is 1. The smallest absolute Gasteiger partial charge is 0.310 e. The highest BCUT2D eigenvalue weighted by atomic mass is 19.1. The third-order valence-electron chi connectivity index (χ3n) is 5.39. The maximum absolute atomic E-state index is 12.9. The highest BCUT2D eigenvalue weighted by Crippen LogP contribution is 2.47. The Hall–Kier alpha value is -1.42. The Morgan fingerprint density at radius 2 is 2.05 bits per heavy atom. The van der Waals surface area contributed by atoms with Crippen LogP contribution in [-0.4, -0.2) is 43.3 Å². The van der Waals surface area contributed by atoms with Crippen LogP contribution in [0.25, 0.3) is 0 Å². The van der Waals surface area contributed by atoms with Crippen molar-refractivity contribution in [1.82, 2.24) is 4.90 Å². The number of esters is 1. The number of benzene rings is 1. The lowest BCUT2D eigenvalue weighted by Gasteiger charge is -2.43. The zero-order valence-electron chi connectivity index (χ0n) is 13.3. The van der Waals surface area contributed by atoms with E-state index in [1.165, 1.54) is 18.2 Å². The van der Waals surface area contributed by atoms with Crippen molar-refractivity contribution in [2.75, 3.05) is 20.3 Å². The topological polar surface area (TPSA) is 29.5 Å². The summed E-state index contributed by atoms with van der Waals surface area (Å²) in [6, 6.07) is 8.96. The van der Waals surface area contributed by atoms with Crippen LogP contribution < -0.4 is 0 Å². The zero-order valence-corrected chi connectivity index (χ0v) is 13.3. The van der Waals surface area contributed by atoms with Gasteiger partial charge < -0.3 is 4.74 Å². The Morgan fingerprint density at radius 3 is 2.68 bits per heavy atom. The van der Waals surface area contributed by atoms with Gasteiger partial charge in [-0.25, -0.2) is 4.39 Å². The number of nitrogens with zero attached hydrogens (tertiary/aromatic N) is 1. The van der Waals surface area contributed by atoms with Gasteiger partial charge in [0.25, 0.3) is 0 Å². The number of piperidine rings is 1. The normalized spacial score (nSPS) is 31.2. The van der Waals surface area contributed by atoms with Gasteiger partial charge in [-0.3, -0.25) is 9.69 Å². The van der Waals surface area contributed by atoms with Gasteiger partial charge in [0.2, 0.25) is 0 Å². The summed E-state index contributed by atoms with van der Waals surface area (Å²) in [5.41, 5.74) is 2.43. The second-order valence-electron chi connectivity index (χ2n) is 6.53. The molecule has 1 aromatic rings. The molecule has 0 aromatic heterocycles. The van der Waals surface area contributed by atoms with Crippen molar-refractivity contribution in [1.29, 1.82) is 0 Å². The third kappa shape index (κ3) is 2.65. The molecule has 2 bridgehead atoms. The molecule has 1 aromatic carbocycles. The molecule has 2 aliphatic rings. The van der Waals surface area contributed by atoms with Crippen LogP contribution in [0.3, 0.4) is 0 Å². The molecule has 22 heavy (non-hydrogen) atoms. The highest BCUT2D eigenvalue weighted by Gasteiger charge is 2.50. The summed E-state index contributed by atoms with van der Waals surface area (Å²) >= 11 is 0. The summed E-state index contributed by atoms with van der Waals surface area (Å²) in [5.74, 6) is -0.154. The molecule has 0 radical (unpaired) electrons. The lowest BCUT2D eigenvalue weighted by molar-refractivity contribution is -0.150. The number of fused-ring (bicyclic) bond motifs is 2. The maximum Gasteiger partial charge on any atom is 0.310 e. The molecular weight excluding hydrogens is 281 g/mol. The second-order valence-corrected chi connectivity index (χ2v) is 6.53. The molecule has 2 saturated heterocycles. The molecule has 0 N–H and O–H groups in total. The number of carbonyl (C=O) groups excluding carboxylic acids is 1. The molecule has 120 valence electrons. The van der Waals surface area contributed by atoms with Gasteiger partial charge in [-0.1, -0.05) is 29.8 Å². The zero-order chi connectivity index (χ0) is 15.7. The quantitative estimate of drug-likeness (QED) is 0.801. The number of rotatable bonds is 4. The van der Waals surface area contributed by atoms with Gasteiger partial charge in [-0.2, -0.15) is 0 Å². The van der Waals surface area contributed by atoms with E-state index in [2.05, 4.69) is 36.1 Å². The van der Waals surface area contributed by atoms with E-state index in [1.807, 2.05) is 0 Å². The first-order valence-corrected chi connectivity index (χ1v) is 8.11. The average molecular weight is 305 g/mol. The lowest BCUT2D eigenvalue weighted by Crippen LogP contribution is -2.51. The fourth-order valence-corrected chi connectivity index (χ4v) is 4.37. The van der Waals surface area contributed by atoms with Gasteiger partial charge >= 0.3 is 5.97 Å². The summed E-state index contributed by atoms with van der Waals surface area (Å²) in [6.07, 6.45) is 2.94. The molecule has 3 unspecified atom stereocenters. The summed E-state index contributed by atoms with van der Waals surface area (Å²) in [6.45, 7) is 2.15. The number of alkyl halides is 1. The fourth-order valence-electron chi connectivity index (χ4n) is 4.37. The van der Waals surface area contributed by atoms with E-state index in [-0.39, 0.29) is 30.5 Å². The van der Waals surface area contributed by atoms with Crippen molar-refractivity contribution < 1.29 is 13.9 Å². The molecule has 2 heterocycles. The van der Waals surface area contributed by atoms with Gasteiger partial charge in [0.1, 0.15) is 6.67 Å². The van der Waals surface area contributed by atoms with Crippen LogP contribution in [0.2, 0.25) is 0 Å². The summed E-state index contributed by atoms with van der Waals surface area (Å²) in [7, 11) is 1.45. The lowest BCUT2D eigenvalue weighted by atomic mass is 9.76. The van der Waals surface area contributed by atoms with Crippen LogP contribution >= 0.6 is 0 Å². The largest absolute Gasteiger partial charge is 0.469 e. The Balaban J connectivity index is 1.92. The van der Waals surface area contributed by atoms with E-state index in [1.54, 1.807) is 0 Å². The van der Waals surface area contributed by atoms with Gasteiger partial charge in [-0.05, 0) is 31.7 Å². The minimum absolute atomic E-state index is 0.119. The molecule has 0 aliphatic carbocycles. The van der Waals surface area contributed by atoms with Crippen LogP contribution in [0.15, 0.2) is 24.3 Å². The standard InChI is InChI=1S/C18H24FNO2/c1-12-3-5-13(6-4-12)15-11-14-7-8-16(20(14)10-9-19)17(15)18(21)22-2/h3-6,14-17H,7-11H2,1-2H3/t14?,15?,16?,17-/m0/s1. The van der Waals surface area contributed by atoms with Crippen molar-refractivity contribution in [2.24, 2.45) is 5.92 Å². The van der Waals surface area contributed by atoms with Crippen LogP contribution in [0.4, 0.5) is 4.39 Å². The van der Waals surface area contributed by atoms with Gasteiger partial charge in [0, 0.05) is 24.5 Å². The Labute approximate surface area is 131 Å². The van der Waals surface area contributed by atoms with Crippen LogP contribution in [0.1, 0.15) is 36.3 Å². The Kier molecular flexibility index (Phi) is 4.48. The molecule has 3 nitrogen and oxygen atoms in total.